The van der Waals surface area contributed by atoms with Crippen molar-refractivity contribution in [3.05, 3.63) is 60.8 Å². The van der Waals surface area contributed by atoms with Gasteiger partial charge in [-0.15, -0.1) is 13.2 Å². The van der Waals surface area contributed by atoms with E-state index < -0.39 is 24.1 Å². The third-order valence-corrected chi connectivity index (χ3v) is 4.45. The summed E-state index contributed by atoms with van der Waals surface area (Å²) in [5.74, 6) is -1.04. The summed E-state index contributed by atoms with van der Waals surface area (Å²) in [6, 6.07) is 13.2. The van der Waals surface area contributed by atoms with E-state index in [9.17, 15) is 22.8 Å². The van der Waals surface area contributed by atoms with E-state index in [1.165, 1.54) is 16.8 Å². The monoisotopic (exact) mass is 416 g/mol. The molecular formula is C20H15F3N4O3. The molecule has 0 saturated heterocycles. The second-order valence-electron chi connectivity index (χ2n) is 6.55. The molecule has 0 radical (unpaired) electrons. The lowest BCUT2D eigenvalue weighted by Gasteiger charge is -2.24. The molecule has 1 aliphatic rings. The van der Waals surface area contributed by atoms with E-state index in [4.69, 9.17) is 0 Å². The highest BCUT2D eigenvalue weighted by atomic mass is 19.4. The van der Waals surface area contributed by atoms with Crippen molar-refractivity contribution in [1.29, 1.82) is 0 Å². The molecule has 0 bridgehead atoms. The average molecular weight is 416 g/mol. The summed E-state index contributed by atoms with van der Waals surface area (Å²) >= 11 is 0. The average Bonchev–Trinajstić information content (AvgIpc) is 3.10. The number of carbonyl (C=O) groups is 2. The van der Waals surface area contributed by atoms with E-state index in [2.05, 4.69) is 20.5 Å². The molecule has 2 aromatic carbocycles. The van der Waals surface area contributed by atoms with Crippen molar-refractivity contribution in [3.8, 4) is 16.9 Å². The third-order valence-electron chi connectivity index (χ3n) is 4.45. The van der Waals surface area contributed by atoms with Gasteiger partial charge in [0.2, 0.25) is 11.8 Å². The summed E-state index contributed by atoms with van der Waals surface area (Å²) in [5.41, 5.74) is 1.57. The van der Waals surface area contributed by atoms with Gasteiger partial charge < -0.3 is 15.4 Å². The summed E-state index contributed by atoms with van der Waals surface area (Å²) in [4.78, 5) is 25.0. The molecule has 0 saturated carbocycles. The van der Waals surface area contributed by atoms with E-state index in [1.807, 2.05) is 30.3 Å². The zero-order valence-electron chi connectivity index (χ0n) is 15.3. The summed E-state index contributed by atoms with van der Waals surface area (Å²) in [7, 11) is 0. The van der Waals surface area contributed by atoms with Crippen LogP contribution in [-0.4, -0.2) is 28.0 Å². The molecule has 2 heterocycles. The topological polar surface area (TPSA) is 85.2 Å². The van der Waals surface area contributed by atoms with Crippen LogP contribution in [0.15, 0.2) is 60.8 Å². The lowest BCUT2D eigenvalue weighted by atomic mass is 10.1. The van der Waals surface area contributed by atoms with Crippen LogP contribution in [0.25, 0.3) is 11.1 Å². The highest BCUT2D eigenvalue weighted by Crippen LogP contribution is 2.34. The van der Waals surface area contributed by atoms with Gasteiger partial charge in [-0.3, -0.25) is 9.59 Å². The molecule has 1 aliphatic heterocycles. The second-order valence-corrected chi connectivity index (χ2v) is 6.55. The molecule has 1 aromatic heterocycles. The molecule has 0 spiro atoms. The number of nitrogens with one attached hydrogen (secondary N) is 2. The minimum atomic E-state index is -4.85. The molecule has 2 N–H and O–H groups in total. The number of nitrogens with zero attached hydrogens (tertiary/aromatic N) is 2. The number of fused-ring (bicyclic) bond motifs is 1. The van der Waals surface area contributed by atoms with Gasteiger partial charge in [0.15, 0.2) is 0 Å². The van der Waals surface area contributed by atoms with Crippen molar-refractivity contribution in [2.75, 3.05) is 10.6 Å². The van der Waals surface area contributed by atoms with Gasteiger partial charge in [-0.2, -0.15) is 5.10 Å². The van der Waals surface area contributed by atoms with Crippen LogP contribution in [0.4, 0.5) is 24.7 Å². The number of anilines is 2. The van der Waals surface area contributed by atoms with Crippen molar-refractivity contribution in [2.24, 2.45) is 0 Å². The number of aromatic nitrogens is 2. The van der Waals surface area contributed by atoms with Crippen LogP contribution in [0.5, 0.6) is 5.75 Å². The lowest BCUT2D eigenvalue weighted by molar-refractivity contribution is -0.274. The summed E-state index contributed by atoms with van der Waals surface area (Å²) < 4.78 is 42.5. The number of hydrogen-bond donors (Lipinski definition) is 2. The van der Waals surface area contributed by atoms with Crippen molar-refractivity contribution in [2.45, 2.75) is 18.8 Å². The van der Waals surface area contributed by atoms with Gasteiger partial charge in [0, 0.05) is 17.3 Å². The van der Waals surface area contributed by atoms with Crippen molar-refractivity contribution in [1.82, 2.24) is 9.78 Å². The zero-order chi connectivity index (χ0) is 21.3. The molecule has 2 amide bonds. The maximum absolute atomic E-state index is 12.8. The van der Waals surface area contributed by atoms with Crippen molar-refractivity contribution in [3.63, 3.8) is 0 Å². The first-order valence-electron chi connectivity index (χ1n) is 8.89. The van der Waals surface area contributed by atoms with Crippen LogP contribution in [0.2, 0.25) is 0 Å². The molecular weight excluding hydrogens is 401 g/mol. The Morgan fingerprint density at radius 2 is 1.93 bits per heavy atom. The Morgan fingerprint density at radius 1 is 1.17 bits per heavy atom. The predicted molar refractivity (Wildman–Crippen MR) is 102 cm³/mol. The number of ether oxygens (including phenoxy) is 1. The Morgan fingerprint density at radius 3 is 2.67 bits per heavy atom. The molecule has 154 valence electrons. The number of alkyl halides is 3. The quantitative estimate of drug-likeness (QED) is 0.674. The van der Waals surface area contributed by atoms with Crippen molar-refractivity contribution < 1.29 is 27.5 Å². The number of carbonyl (C=O) groups excluding carboxylic acids is 2. The number of hydrogen-bond acceptors (Lipinski definition) is 4. The zero-order valence-corrected chi connectivity index (χ0v) is 15.3. The van der Waals surface area contributed by atoms with Gasteiger partial charge in [-0.25, -0.2) is 4.68 Å². The number of rotatable bonds is 4. The Balaban J connectivity index is 1.59. The smallest absolute Gasteiger partial charge is 0.406 e. The third kappa shape index (κ3) is 4.12. The second kappa shape index (κ2) is 7.54. The normalized spacial score (nSPS) is 15.8. The molecule has 4 rings (SSSR count). The number of amides is 2. The first kappa shape index (κ1) is 19.5. The van der Waals surface area contributed by atoms with Crippen LogP contribution < -0.4 is 15.4 Å². The summed E-state index contributed by atoms with van der Waals surface area (Å²) in [6.45, 7) is 0. The molecule has 30 heavy (non-hydrogen) atoms. The highest BCUT2D eigenvalue weighted by molar-refractivity contribution is 6.03. The standard InChI is InChI=1S/C20H15F3N4O3/c21-20(22,23)30-14-8-4-7-13(9-14)25-19(29)16-10-17(28)26-18-15(11-24-27(16)18)12-5-2-1-3-6-12/h1-9,11,16H,10H2,(H,25,29)(H,26,28)/t16-/m1/s1. The molecule has 0 unspecified atom stereocenters. The molecule has 0 fully saturated rings. The van der Waals surface area contributed by atoms with Gasteiger partial charge >= 0.3 is 6.36 Å². The predicted octanol–water partition coefficient (Wildman–Crippen LogP) is 3.97. The molecule has 10 heteroatoms. The van der Waals surface area contributed by atoms with E-state index in [1.54, 1.807) is 6.20 Å². The lowest BCUT2D eigenvalue weighted by Crippen LogP contribution is -2.35. The van der Waals surface area contributed by atoms with E-state index in [0.717, 1.165) is 17.7 Å². The van der Waals surface area contributed by atoms with Gasteiger partial charge in [-0.1, -0.05) is 36.4 Å². The van der Waals surface area contributed by atoms with Gasteiger partial charge in [0.25, 0.3) is 0 Å². The van der Waals surface area contributed by atoms with Crippen LogP contribution in [0.3, 0.4) is 0 Å². The number of halogens is 3. The van der Waals surface area contributed by atoms with E-state index >= 15 is 0 Å². The van der Waals surface area contributed by atoms with Gasteiger partial charge in [0.1, 0.15) is 17.6 Å². The fraction of sp³-hybridized carbons (Fsp3) is 0.150. The molecule has 3 aromatic rings. The summed E-state index contributed by atoms with van der Waals surface area (Å²) in [5, 5.41) is 9.49. The largest absolute Gasteiger partial charge is 0.573 e. The Bertz CT molecular complexity index is 1100. The van der Waals surface area contributed by atoms with Crippen LogP contribution >= 0.6 is 0 Å². The van der Waals surface area contributed by atoms with Crippen LogP contribution in [0, 0.1) is 0 Å². The first-order chi connectivity index (χ1) is 14.3. The Labute approximate surface area is 168 Å². The first-order valence-corrected chi connectivity index (χ1v) is 8.89. The van der Waals surface area contributed by atoms with Gasteiger partial charge in [-0.05, 0) is 17.7 Å². The molecule has 1 atom stereocenters. The van der Waals surface area contributed by atoms with Gasteiger partial charge in [0.05, 0.1) is 12.6 Å². The maximum atomic E-state index is 12.8. The molecule has 0 aliphatic carbocycles. The van der Waals surface area contributed by atoms with E-state index in [0.29, 0.717) is 11.4 Å². The Hall–Kier alpha value is -3.82. The maximum Gasteiger partial charge on any atom is 0.573 e. The molecule has 7 nitrogen and oxygen atoms in total. The Kier molecular flexibility index (Phi) is 4.90. The fourth-order valence-electron chi connectivity index (χ4n) is 3.20. The van der Waals surface area contributed by atoms with Crippen LogP contribution in [0.1, 0.15) is 12.5 Å². The van der Waals surface area contributed by atoms with E-state index in [-0.39, 0.29) is 18.0 Å². The minimum absolute atomic E-state index is 0.102. The summed E-state index contributed by atoms with van der Waals surface area (Å²) in [6.07, 6.45) is -3.45. The SMILES string of the molecule is O=C1C[C@H](C(=O)Nc2cccc(OC(F)(F)F)c2)n2ncc(-c3ccccc3)c2N1. The van der Waals surface area contributed by atoms with Crippen LogP contribution in [-0.2, 0) is 9.59 Å². The minimum Gasteiger partial charge on any atom is -0.406 e. The fourth-order valence-corrected chi connectivity index (χ4v) is 3.20. The number of benzene rings is 2. The highest BCUT2D eigenvalue weighted by Gasteiger charge is 2.34. The van der Waals surface area contributed by atoms with Crippen molar-refractivity contribution >= 4 is 23.3 Å².